The van der Waals surface area contributed by atoms with Crippen LogP contribution < -0.4 is 9.47 Å². The molecule has 0 atom stereocenters. The van der Waals surface area contributed by atoms with Gasteiger partial charge in [-0.05, 0) is 23.3 Å². The van der Waals surface area contributed by atoms with Gasteiger partial charge in [0.05, 0.1) is 26.9 Å². The van der Waals surface area contributed by atoms with Crippen LogP contribution in [0.25, 0.3) is 0 Å². The van der Waals surface area contributed by atoms with E-state index < -0.39 is 0 Å². The molecule has 0 fully saturated rings. The molecule has 1 aromatic carbocycles. The Labute approximate surface area is 135 Å². The number of nitrogens with one attached hydrogen (secondary N) is 1. The van der Waals surface area contributed by atoms with Crippen LogP contribution in [0.4, 0.5) is 4.39 Å². The first-order valence-corrected chi connectivity index (χ1v) is 7.42. The molecule has 0 aliphatic heterocycles. The van der Waals surface area contributed by atoms with E-state index in [4.69, 9.17) is 18.9 Å². The second kappa shape index (κ2) is 9.17. The van der Waals surface area contributed by atoms with E-state index in [1.54, 1.807) is 13.2 Å². The van der Waals surface area contributed by atoms with E-state index in [1.165, 1.54) is 13.2 Å². The highest BCUT2D eigenvalue weighted by atomic mass is 19.1. The van der Waals surface area contributed by atoms with Gasteiger partial charge < -0.3 is 23.9 Å². The van der Waals surface area contributed by atoms with Crippen LogP contribution in [-0.2, 0) is 15.9 Å². The van der Waals surface area contributed by atoms with Crippen molar-refractivity contribution >= 4 is 0 Å². The lowest BCUT2D eigenvalue weighted by Crippen LogP contribution is -2.10. The van der Waals surface area contributed by atoms with Crippen LogP contribution in [0.2, 0.25) is 0 Å². The fourth-order valence-corrected chi connectivity index (χ4v) is 2.13. The molecule has 1 heterocycles. The summed E-state index contributed by atoms with van der Waals surface area (Å²) in [5.41, 5.74) is 1.57. The van der Waals surface area contributed by atoms with Gasteiger partial charge in [-0.15, -0.1) is 0 Å². The summed E-state index contributed by atoms with van der Waals surface area (Å²) in [4.78, 5) is 2.96. The molecular weight excluding hydrogens is 301 g/mol. The maximum absolute atomic E-state index is 14.2. The molecule has 23 heavy (non-hydrogen) atoms. The molecule has 2 rings (SSSR count). The van der Waals surface area contributed by atoms with Crippen LogP contribution in [0.3, 0.4) is 0 Å². The Balaban J connectivity index is 1.96. The lowest BCUT2D eigenvalue weighted by atomic mass is 10.1. The predicted octanol–water partition coefficient (Wildman–Crippen LogP) is 2.80. The fraction of sp³-hybridized carbons (Fsp3) is 0.412. The number of hydrogen-bond acceptors (Lipinski definition) is 4. The maximum Gasteiger partial charge on any atom is 0.164 e. The number of aromatic amines is 1. The summed E-state index contributed by atoms with van der Waals surface area (Å²) in [6, 6.07) is 4.94. The molecule has 1 aromatic heterocycles. The van der Waals surface area contributed by atoms with Gasteiger partial charge >= 0.3 is 0 Å². The van der Waals surface area contributed by atoms with Crippen molar-refractivity contribution in [3.63, 3.8) is 0 Å². The van der Waals surface area contributed by atoms with Gasteiger partial charge in [0.25, 0.3) is 0 Å². The van der Waals surface area contributed by atoms with Crippen LogP contribution in [0.15, 0.2) is 30.6 Å². The predicted molar refractivity (Wildman–Crippen MR) is 84.7 cm³/mol. The summed E-state index contributed by atoms with van der Waals surface area (Å²) < 4.78 is 35.3. The second-order valence-electron chi connectivity index (χ2n) is 4.94. The molecule has 0 amide bonds. The molecular formula is C17H22FNO4. The van der Waals surface area contributed by atoms with E-state index in [2.05, 4.69) is 4.98 Å². The average Bonchev–Trinajstić information content (AvgIpc) is 3.06. The van der Waals surface area contributed by atoms with Crippen LogP contribution in [0.1, 0.15) is 11.1 Å². The first-order valence-electron chi connectivity index (χ1n) is 7.42. The van der Waals surface area contributed by atoms with Crippen molar-refractivity contribution < 1.29 is 23.3 Å². The number of H-pyrrole nitrogens is 1. The Morgan fingerprint density at radius 2 is 1.87 bits per heavy atom. The van der Waals surface area contributed by atoms with Gasteiger partial charge in [0.1, 0.15) is 12.4 Å². The summed E-state index contributed by atoms with van der Waals surface area (Å²) in [6.07, 6.45) is 4.14. The topological polar surface area (TPSA) is 52.7 Å². The lowest BCUT2D eigenvalue weighted by Gasteiger charge is -2.13. The van der Waals surface area contributed by atoms with Crippen molar-refractivity contribution in [3.8, 4) is 11.5 Å². The molecule has 0 bridgehead atoms. The number of aromatic nitrogens is 1. The normalized spacial score (nSPS) is 10.7. The van der Waals surface area contributed by atoms with Gasteiger partial charge in [-0.3, -0.25) is 0 Å². The van der Waals surface area contributed by atoms with Crippen molar-refractivity contribution in [2.75, 3.05) is 40.6 Å². The van der Waals surface area contributed by atoms with Gasteiger partial charge in [-0.2, -0.15) is 0 Å². The number of halogens is 1. The van der Waals surface area contributed by atoms with E-state index in [-0.39, 0.29) is 5.82 Å². The van der Waals surface area contributed by atoms with Crippen LogP contribution in [-0.4, -0.2) is 45.6 Å². The molecule has 0 aliphatic rings. The van der Waals surface area contributed by atoms with Gasteiger partial charge in [0.15, 0.2) is 11.5 Å². The minimum atomic E-state index is -0.317. The third-order valence-corrected chi connectivity index (χ3v) is 3.31. The average molecular weight is 323 g/mol. The minimum absolute atomic E-state index is 0.316. The van der Waals surface area contributed by atoms with Crippen LogP contribution in [0, 0.1) is 5.82 Å². The van der Waals surface area contributed by atoms with Crippen LogP contribution >= 0.6 is 0 Å². The van der Waals surface area contributed by atoms with Crippen molar-refractivity contribution in [1.82, 2.24) is 4.98 Å². The minimum Gasteiger partial charge on any atom is -0.493 e. The zero-order valence-corrected chi connectivity index (χ0v) is 13.4. The number of benzene rings is 1. The molecule has 6 heteroatoms. The molecule has 0 saturated carbocycles. The lowest BCUT2D eigenvalue weighted by molar-refractivity contribution is 0.0539. The van der Waals surface area contributed by atoms with Gasteiger partial charge in [-0.25, -0.2) is 4.39 Å². The summed E-state index contributed by atoms with van der Waals surface area (Å²) in [7, 11) is 3.15. The van der Waals surface area contributed by atoms with E-state index in [9.17, 15) is 4.39 Å². The van der Waals surface area contributed by atoms with E-state index in [1.807, 2.05) is 18.5 Å². The molecule has 126 valence electrons. The third-order valence-electron chi connectivity index (χ3n) is 3.31. The molecule has 0 spiro atoms. The van der Waals surface area contributed by atoms with E-state index >= 15 is 0 Å². The zero-order chi connectivity index (χ0) is 16.5. The molecule has 1 N–H and O–H groups in total. The quantitative estimate of drug-likeness (QED) is 0.683. The summed E-state index contributed by atoms with van der Waals surface area (Å²) in [6.45, 7) is 1.75. The first kappa shape index (κ1) is 17.3. The molecule has 0 aliphatic carbocycles. The first-order chi connectivity index (χ1) is 11.2. The highest BCUT2D eigenvalue weighted by molar-refractivity contribution is 5.45. The third kappa shape index (κ3) is 5.26. The largest absolute Gasteiger partial charge is 0.493 e. The zero-order valence-electron chi connectivity index (χ0n) is 13.4. The Morgan fingerprint density at radius 1 is 1.04 bits per heavy atom. The number of rotatable bonds is 10. The second-order valence-corrected chi connectivity index (χ2v) is 4.94. The Morgan fingerprint density at radius 3 is 2.57 bits per heavy atom. The summed E-state index contributed by atoms with van der Waals surface area (Å²) >= 11 is 0. The molecule has 0 saturated heterocycles. The molecule has 2 aromatic rings. The molecule has 0 unspecified atom stereocenters. The van der Waals surface area contributed by atoms with Gasteiger partial charge in [-0.1, -0.05) is 0 Å². The van der Waals surface area contributed by atoms with Gasteiger partial charge in [0, 0.05) is 32.0 Å². The SMILES string of the molecule is COCCOCCOc1cc(F)c(Cc2cc[nH]c2)cc1OC. The highest BCUT2D eigenvalue weighted by Gasteiger charge is 2.12. The fourth-order valence-electron chi connectivity index (χ4n) is 2.13. The van der Waals surface area contributed by atoms with Gasteiger partial charge in [0.2, 0.25) is 0 Å². The summed E-state index contributed by atoms with van der Waals surface area (Å²) in [5, 5.41) is 0. The molecule has 0 radical (unpaired) electrons. The Kier molecular flexibility index (Phi) is 6.90. The smallest absolute Gasteiger partial charge is 0.164 e. The Bertz CT molecular complexity index is 587. The molecule has 5 nitrogen and oxygen atoms in total. The Hall–Kier alpha value is -2.05. The number of methoxy groups -OCH3 is 2. The van der Waals surface area contributed by atoms with E-state index in [0.717, 1.165) is 5.56 Å². The highest BCUT2D eigenvalue weighted by Crippen LogP contribution is 2.31. The van der Waals surface area contributed by atoms with Crippen LogP contribution in [0.5, 0.6) is 11.5 Å². The van der Waals surface area contributed by atoms with Crippen molar-refractivity contribution in [1.29, 1.82) is 0 Å². The standard InChI is InChI=1S/C17H22FNO4/c1-20-5-6-22-7-8-23-17-11-15(18)14(10-16(17)21-2)9-13-3-4-19-12-13/h3-4,10-12,19H,5-9H2,1-2H3. The monoisotopic (exact) mass is 323 g/mol. The van der Waals surface area contributed by atoms with Crippen molar-refractivity contribution in [2.24, 2.45) is 0 Å². The summed E-state index contributed by atoms with van der Waals surface area (Å²) in [5.74, 6) is 0.564. The van der Waals surface area contributed by atoms with Crippen molar-refractivity contribution in [3.05, 3.63) is 47.5 Å². The van der Waals surface area contributed by atoms with Crippen molar-refractivity contribution in [2.45, 2.75) is 6.42 Å². The number of hydrogen-bond donors (Lipinski definition) is 1. The maximum atomic E-state index is 14.2. The van der Waals surface area contributed by atoms with E-state index in [0.29, 0.717) is 49.9 Å². The number of ether oxygens (including phenoxy) is 4.